The lowest BCUT2D eigenvalue weighted by Gasteiger charge is -2.24. The maximum absolute atomic E-state index is 4.67. The van der Waals surface area contributed by atoms with Crippen LogP contribution in [0.1, 0.15) is 69.2 Å². The van der Waals surface area contributed by atoms with Gasteiger partial charge in [0.25, 0.3) is 0 Å². The Morgan fingerprint density at radius 3 is 1.83 bits per heavy atom. The van der Waals surface area contributed by atoms with E-state index in [2.05, 4.69) is 110 Å². The molecule has 2 heteroatoms. The highest BCUT2D eigenvalue weighted by molar-refractivity contribution is 6.56. The van der Waals surface area contributed by atoms with Gasteiger partial charge < -0.3 is 0 Å². The SMILES string of the molecule is CN=C1C(/C(C)=C/C=C(\C)C(C)(C)C)=CC(C)=C(/C(C)=C/C=C(\C)C(C)C)C1=NC. The van der Waals surface area contributed by atoms with E-state index in [1.54, 1.807) is 0 Å². The molecule has 1 aliphatic rings. The van der Waals surface area contributed by atoms with Gasteiger partial charge in [-0.2, -0.15) is 0 Å². The summed E-state index contributed by atoms with van der Waals surface area (Å²) in [4.78, 5) is 9.31. The lowest BCUT2D eigenvalue weighted by molar-refractivity contribution is 0.504. The highest BCUT2D eigenvalue weighted by Gasteiger charge is 2.25. The molecule has 0 heterocycles. The lowest BCUT2D eigenvalue weighted by atomic mass is 9.82. The molecule has 0 aromatic carbocycles. The van der Waals surface area contributed by atoms with Gasteiger partial charge in [-0.05, 0) is 68.7 Å². The van der Waals surface area contributed by atoms with Gasteiger partial charge >= 0.3 is 0 Å². The van der Waals surface area contributed by atoms with Crippen LogP contribution >= 0.6 is 0 Å². The molecule has 0 bridgehead atoms. The summed E-state index contributed by atoms with van der Waals surface area (Å²) in [6.45, 7) is 22.0. The van der Waals surface area contributed by atoms with E-state index in [1.807, 2.05) is 14.1 Å². The smallest absolute Gasteiger partial charge is 0.0906 e. The fourth-order valence-corrected chi connectivity index (χ4v) is 3.15. The summed E-state index contributed by atoms with van der Waals surface area (Å²) in [5.41, 5.74) is 10.8. The molecule has 0 aliphatic heterocycles. The zero-order valence-corrected chi connectivity index (χ0v) is 21.4. The molecule has 0 aromatic rings. The van der Waals surface area contributed by atoms with Gasteiger partial charge in [0.15, 0.2) is 0 Å². The van der Waals surface area contributed by atoms with E-state index in [-0.39, 0.29) is 5.41 Å². The Kier molecular flexibility index (Phi) is 9.21. The fraction of sp³-hybridized carbons (Fsp3) is 0.500. The predicted octanol–water partition coefficient (Wildman–Crippen LogP) is 7.87. The number of nitrogens with zero attached hydrogens (tertiary/aromatic N) is 2. The van der Waals surface area contributed by atoms with Crippen LogP contribution in [0.5, 0.6) is 0 Å². The monoisotopic (exact) mass is 406 g/mol. The third kappa shape index (κ3) is 6.39. The predicted molar refractivity (Wildman–Crippen MR) is 137 cm³/mol. The molecule has 0 spiro atoms. The first kappa shape index (κ1) is 25.8. The van der Waals surface area contributed by atoms with Crippen molar-refractivity contribution in [1.29, 1.82) is 0 Å². The van der Waals surface area contributed by atoms with E-state index < -0.39 is 0 Å². The van der Waals surface area contributed by atoms with Gasteiger partial charge in [-0.15, -0.1) is 0 Å². The van der Waals surface area contributed by atoms with Crippen molar-refractivity contribution in [3.63, 3.8) is 0 Å². The van der Waals surface area contributed by atoms with Crippen LogP contribution in [0.3, 0.4) is 0 Å². The molecule has 164 valence electrons. The molecule has 0 radical (unpaired) electrons. The molecule has 0 atom stereocenters. The standard InChI is InChI=1S/C28H42N2/c1-18(2)19(3)13-14-21(5)25-22(6)17-24(26(29-11)27(25)30-12)20(4)15-16-23(7)28(8,9)10/h13-18H,1-12H3/b19-13+,20-15+,21-14+,23-16+,29-26?,30-27?. The second-order valence-electron chi connectivity index (χ2n) is 9.62. The Morgan fingerprint density at radius 1 is 0.833 bits per heavy atom. The third-order valence-corrected chi connectivity index (χ3v) is 6.01. The van der Waals surface area contributed by atoms with Crippen LogP contribution in [0, 0.1) is 11.3 Å². The molecule has 2 nitrogen and oxygen atoms in total. The minimum atomic E-state index is 0.169. The van der Waals surface area contributed by atoms with E-state index in [1.165, 1.54) is 33.4 Å². The molecular formula is C28H42N2. The largest absolute Gasteiger partial charge is 0.286 e. The summed E-state index contributed by atoms with van der Waals surface area (Å²) in [6, 6.07) is 0. The average Bonchev–Trinajstić information content (AvgIpc) is 2.67. The van der Waals surface area contributed by atoms with Crippen molar-refractivity contribution in [1.82, 2.24) is 0 Å². The first-order chi connectivity index (χ1) is 13.8. The number of allylic oxidation sites excluding steroid dienone is 12. The van der Waals surface area contributed by atoms with Gasteiger partial charge in [-0.3, -0.25) is 9.98 Å². The zero-order chi connectivity index (χ0) is 23.2. The first-order valence-corrected chi connectivity index (χ1v) is 10.9. The minimum absolute atomic E-state index is 0.169. The molecule has 0 amide bonds. The summed E-state index contributed by atoms with van der Waals surface area (Å²) in [7, 11) is 3.72. The Hall–Kier alpha value is -2.22. The van der Waals surface area contributed by atoms with Gasteiger partial charge in [0.1, 0.15) is 0 Å². The average molecular weight is 407 g/mol. The van der Waals surface area contributed by atoms with Gasteiger partial charge in [-0.25, -0.2) is 0 Å². The molecule has 0 fully saturated rings. The molecule has 0 saturated heterocycles. The first-order valence-electron chi connectivity index (χ1n) is 10.9. The highest BCUT2D eigenvalue weighted by atomic mass is 14.8. The summed E-state index contributed by atoms with van der Waals surface area (Å²) in [5, 5.41) is 0. The fourth-order valence-electron chi connectivity index (χ4n) is 3.15. The van der Waals surface area contributed by atoms with Gasteiger partial charge in [-0.1, -0.05) is 70.1 Å². The van der Waals surface area contributed by atoms with Crippen LogP contribution in [0.15, 0.2) is 79.4 Å². The van der Waals surface area contributed by atoms with Crippen molar-refractivity contribution in [2.24, 2.45) is 21.3 Å². The maximum Gasteiger partial charge on any atom is 0.0906 e. The molecule has 1 aliphatic carbocycles. The normalized spacial score (nSPS) is 20.6. The Balaban J connectivity index is 3.56. The van der Waals surface area contributed by atoms with Gasteiger partial charge in [0.05, 0.1) is 11.4 Å². The Morgan fingerprint density at radius 2 is 1.37 bits per heavy atom. The van der Waals surface area contributed by atoms with Crippen LogP contribution in [-0.4, -0.2) is 25.5 Å². The van der Waals surface area contributed by atoms with Gasteiger partial charge in [0, 0.05) is 25.2 Å². The van der Waals surface area contributed by atoms with Crippen molar-refractivity contribution in [2.45, 2.75) is 69.2 Å². The molecule has 1 rings (SSSR count). The summed E-state index contributed by atoms with van der Waals surface area (Å²) in [5.74, 6) is 0.548. The zero-order valence-electron chi connectivity index (χ0n) is 21.4. The van der Waals surface area contributed by atoms with Crippen molar-refractivity contribution in [2.75, 3.05) is 14.1 Å². The van der Waals surface area contributed by atoms with Crippen LogP contribution in [0.4, 0.5) is 0 Å². The van der Waals surface area contributed by atoms with Crippen molar-refractivity contribution >= 4 is 11.4 Å². The molecule has 0 saturated carbocycles. The molecule has 30 heavy (non-hydrogen) atoms. The second kappa shape index (κ2) is 10.7. The third-order valence-electron chi connectivity index (χ3n) is 6.01. The van der Waals surface area contributed by atoms with E-state index in [9.17, 15) is 0 Å². The number of hydrogen-bond acceptors (Lipinski definition) is 2. The minimum Gasteiger partial charge on any atom is -0.286 e. The molecule has 0 aromatic heterocycles. The maximum atomic E-state index is 4.67. The number of aliphatic imine (C=N–C) groups is 2. The second-order valence-corrected chi connectivity index (χ2v) is 9.62. The summed E-state index contributed by atoms with van der Waals surface area (Å²) in [6.07, 6.45) is 11.1. The van der Waals surface area contributed by atoms with Crippen LogP contribution in [0.2, 0.25) is 0 Å². The highest BCUT2D eigenvalue weighted by Crippen LogP contribution is 2.30. The van der Waals surface area contributed by atoms with E-state index >= 15 is 0 Å². The topological polar surface area (TPSA) is 24.7 Å². The molecule has 0 unspecified atom stereocenters. The van der Waals surface area contributed by atoms with E-state index in [0.717, 1.165) is 17.0 Å². The quantitative estimate of drug-likeness (QED) is 0.328. The molecule has 0 N–H and O–H groups in total. The number of rotatable bonds is 5. The van der Waals surface area contributed by atoms with Crippen LogP contribution < -0.4 is 0 Å². The van der Waals surface area contributed by atoms with E-state index in [4.69, 9.17) is 0 Å². The van der Waals surface area contributed by atoms with E-state index in [0.29, 0.717) is 5.92 Å². The van der Waals surface area contributed by atoms with Crippen molar-refractivity contribution in [3.8, 4) is 0 Å². The van der Waals surface area contributed by atoms with Crippen molar-refractivity contribution in [3.05, 3.63) is 69.4 Å². The van der Waals surface area contributed by atoms with Crippen LogP contribution in [0.25, 0.3) is 0 Å². The Bertz CT molecular complexity index is 899. The summed E-state index contributed by atoms with van der Waals surface area (Å²) < 4.78 is 0. The Labute approximate surface area is 185 Å². The van der Waals surface area contributed by atoms with Crippen molar-refractivity contribution < 1.29 is 0 Å². The van der Waals surface area contributed by atoms with Gasteiger partial charge in [0.2, 0.25) is 0 Å². The summed E-state index contributed by atoms with van der Waals surface area (Å²) >= 11 is 0. The number of hydrogen-bond donors (Lipinski definition) is 0. The van der Waals surface area contributed by atoms with Crippen LogP contribution in [-0.2, 0) is 0 Å². The lowest BCUT2D eigenvalue weighted by Crippen LogP contribution is -2.25. The molecular weight excluding hydrogens is 364 g/mol.